The van der Waals surface area contributed by atoms with Crippen LogP contribution in [0.15, 0.2) is 47.4 Å². The number of benzene rings is 2. The van der Waals surface area contributed by atoms with Crippen LogP contribution in [0.2, 0.25) is 5.02 Å². The second-order valence-electron chi connectivity index (χ2n) is 4.46. The zero-order chi connectivity index (χ0) is 14.5. The van der Waals surface area contributed by atoms with Crippen LogP contribution in [-0.4, -0.2) is 12.2 Å². The first-order chi connectivity index (χ1) is 9.61. The first kappa shape index (κ1) is 15.2. The number of rotatable bonds is 5. The van der Waals surface area contributed by atoms with Gasteiger partial charge in [-0.05, 0) is 36.8 Å². The van der Waals surface area contributed by atoms with Crippen LogP contribution in [-0.2, 0) is 5.75 Å². The maximum absolute atomic E-state index is 9.94. The Kier molecular flexibility index (Phi) is 5.35. The monoisotopic (exact) mass is 308 g/mol. The van der Waals surface area contributed by atoms with Crippen molar-refractivity contribution < 1.29 is 9.84 Å². The summed E-state index contributed by atoms with van der Waals surface area (Å²) in [4.78, 5) is 1.04. The number of methoxy groups -OCH3 is 1. The predicted octanol–water partition coefficient (Wildman–Crippen LogP) is 4.69. The first-order valence-electron chi connectivity index (χ1n) is 6.34. The molecule has 0 spiro atoms. The zero-order valence-electron chi connectivity index (χ0n) is 11.5. The van der Waals surface area contributed by atoms with E-state index in [1.807, 2.05) is 42.5 Å². The SMILES string of the molecule is COc1cccc(SCc2ccc(Cl)cc2)c1[C@H](C)O. The highest BCUT2D eigenvalue weighted by Gasteiger charge is 2.14. The van der Waals surface area contributed by atoms with Gasteiger partial charge in [0.1, 0.15) is 5.75 Å². The third-order valence-corrected chi connectivity index (χ3v) is 4.37. The van der Waals surface area contributed by atoms with Crippen LogP contribution in [0.1, 0.15) is 24.2 Å². The van der Waals surface area contributed by atoms with Crippen LogP contribution in [0.5, 0.6) is 5.75 Å². The highest BCUT2D eigenvalue weighted by molar-refractivity contribution is 7.98. The van der Waals surface area contributed by atoms with Crippen LogP contribution >= 0.6 is 23.4 Å². The molecule has 2 rings (SSSR count). The van der Waals surface area contributed by atoms with Crippen molar-refractivity contribution in [2.45, 2.75) is 23.7 Å². The Morgan fingerprint density at radius 3 is 2.50 bits per heavy atom. The topological polar surface area (TPSA) is 29.5 Å². The van der Waals surface area contributed by atoms with Crippen LogP contribution < -0.4 is 4.74 Å². The van der Waals surface area contributed by atoms with E-state index in [4.69, 9.17) is 16.3 Å². The molecule has 20 heavy (non-hydrogen) atoms. The lowest BCUT2D eigenvalue weighted by molar-refractivity contribution is 0.191. The highest BCUT2D eigenvalue weighted by Crippen LogP contribution is 2.36. The molecule has 0 fully saturated rings. The lowest BCUT2D eigenvalue weighted by Crippen LogP contribution is -1.99. The average Bonchev–Trinajstić information content (AvgIpc) is 2.46. The molecule has 2 aromatic carbocycles. The Bertz CT molecular complexity index is 567. The van der Waals surface area contributed by atoms with Gasteiger partial charge in [0.15, 0.2) is 0 Å². The zero-order valence-corrected chi connectivity index (χ0v) is 13.0. The van der Waals surface area contributed by atoms with E-state index in [0.717, 1.165) is 27.0 Å². The minimum atomic E-state index is -0.557. The minimum absolute atomic E-state index is 0.557. The van der Waals surface area contributed by atoms with Crippen molar-refractivity contribution in [2.75, 3.05) is 7.11 Å². The number of hydrogen-bond donors (Lipinski definition) is 1. The number of thioether (sulfide) groups is 1. The Morgan fingerprint density at radius 2 is 1.90 bits per heavy atom. The standard InChI is InChI=1S/C16H17ClO2S/c1-11(18)16-14(19-2)4-3-5-15(16)20-10-12-6-8-13(17)9-7-12/h3-9,11,18H,10H2,1-2H3/t11-/m0/s1. The second kappa shape index (κ2) is 7.02. The molecule has 0 saturated carbocycles. The van der Waals surface area contributed by atoms with E-state index in [-0.39, 0.29) is 0 Å². The van der Waals surface area contributed by atoms with E-state index < -0.39 is 6.10 Å². The van der Waals surface area contributed by atoms with E-state index in [2.05, 4.69) is 0 Å². The van der Waals surface area contributed by atoms with E-state index in [1.54, 1.807) is 25.8 Å². The second-order valence-corrected chi connectivity index (χ2v) is 5.92. The van der Waals surface area contributed by atoms with Crippen molar-refractivity contribution in [3.63, 3.8) is 0 Å². The van der Waals surface area contributed by atoms with Gasteiger partial charge in [0, 0.05) is 21.2 Å². The van der Waals surface area contributed by atoms with Crippen molar-refractivity contribution in [1.82, 2.24) is 0 Å². The fourth-order valence-electron chi connectivity index (χ4n) is 1.98. The molecule has 1 atom stereocenters. The quantitative estimate of drug-likeness (QED) is 0.812. The van der Waals surface area contributed by atoms with E-state index in [0.29, 0.717) is 0 Å². The summed E-state index contributed by atoms with van der Waals surface area (Å²) < 4.78 is 5.32. The maximum Gasteiger partial charge on any atom is 0.125 e. The largest absolute Gasteiger partial charge is 0.496 e. The van der Waals surface area contributed by atoms with Crippen LogP contribution in [0.4, 0.5) is 0 Å². The summed E-state index contributed by atoms with van der Waals surface area (Å²) in [5.41, 5.74) is 2.03. The molecule has 0 bridgehead atoms. The highest BCUT2D eigenvalue weighted by atomic mass is 35.5. The minimum Gasteiger partial charge on any atom is -0.496 e. The molecule has 0 amide bonds. The molecular formula is C16H17ClO2S. The number of hydrogen-bond acceptors (Lipinski definition) is 3. The smallest absolute Gasteiger partial charge is 0.125 e. The molecule has 2 nitrogen and oxygen atoms in total. The molecule has 0 aliphatic rings. The average molecular weight is 309 g/mol. The Hall–Kier alpha value is -1.16. The molecule has 0 aromatic heterocycles. The molecule has 1 N–H and O–H groups in total. The van der Waals surface area contributed by atoms with Crippen LogP contribution in [0.3, 0.4) is 0 Å². The molecule has 4 heteroatoms. The molecule has 2 aromatic rings. The summed E-state index contributed by atoms with van der Waals surface area (Å²) in [6.45, 7) is 1.75. The van der Waals surface area contributed by atoms with Gasteiger partial charge in [-0.1, -0.05) is 29.8 Å². The van der Waals surface area contributed by atoms with Crippen LogP contribution in [0, 0.1) is 0 Å². The van der Waals surface area contributed by atoms with Crippen molar-refractivity contribution in [3.8, 4) is 5.75 Å². The predicted molar refractivity (Wildman–Crippen MR) is 84.6 cm³/mol. The maximum atomic E-state index is 9.94. The lowest BCUT2D eigenvalue weighted by Gasteiger charge is -2.15. The molecule has 0 aliphatic carbocycles. The van der Waals surface area contributed by atoms with Gasteiger partial charge in [-0.3, -0.25) is 0 Å². The summed E-state index contributed by atoms with van der Waals surface area (Å²) in [5, 5.41) is 10.7. The molecule has 0 saturated heterocycles. The van der Waals surface area contributed by atoms with Crippen molar-refractivity contribution >= 4 is 23.4 Å². The summed E-state index contributed by atoms with van der Waals surface area (Å²) in [5.74, 6) is 1.55. The van der Waals surface area contributed by atoms with Gasteiger partial charge < -0.3 is 9.84 Å². The molecule has 0 heterocycles. The van der Waals surface area contributed by atoms with Crippen molar-refractivity contribution in [3.05, 3.63) is 58.6 Å². The van der Waals surface area contributed by atoms with Gasteiger partial charge in [-0.25, -0.2) is 0 Å². The molecular weight excluding hydrogens is 292 g/mol. The third-order valence-electron chi connectivity index (χ3n) is 2.97. The lowest BCUT2D eigenvalue weighted by atomic mass is 10.1. The third kappa shape index (κ3) is 3.69. The summed E-state index contributed by atoms with van der Waals surface area (Å²) >= 11 is 7.56. The fraction of sp³-hybridized carbons (Fsp3) is 0.250. The normalized spacial score (nSPS) is 12.2. The van der Waals surface area contributed by atoms with Gasteiger partial charge in [0.25, 0.3) is 0 Å². The van der Waals surface area contributed by atoms with Gasteiger partial charge in [0.2, 0.25) is 0 Å². The Balaban J connectivity index is 2.18. The van der Waals surface area contributed by atoms with Crippen LogP contribution in [0.25, 0.3) is 0 Å². The Labute approximate surface area is 128 Å². The number of ether oxygens (including phenoxy) is 1. The molecule has 0 unspecified atom stereocenters. The van der Waals surface area contributed by atoms with Crippen molar-refractivity contribution in [2.24, 2.45) is 0 Å². The van der Waals surface area contributed by atoms with Gasteiger partial charge in [-0.15, -0.1) is 11.8 Å². The van der Waals surface area contributed by atoms with E-state index >= 15 is 0 Å². The number of halogens is 1. The Morgan fingerprint density at radius 1 is 1.20 bits per heavy atom. The van der Waals surface area contributed by atoms with Crippen molar-refractivity contribution in [1.29, 1.82) is 0 Å². The first-order valence-corrected chi connectivity index (χ1v) is 7.70. The van der Waals surface area contributed by atoms with E-state index in [9.17, 15) is 5.11 Å². The molecule has 106 valence electrons. The molecule has 0 aliphatic heterocycles. The van der Waals surface area contributed by atoms with E-state index in [1.165, 1.54) is 5.56 Å². The molecule has 0 radical (unpaired) electrons. The fourth-order valence-corrected chi connectivity index (χ4v) is 3.22. The summed E-state index contributed by atoms with van der Waals surface area (Å²) in [6.07, 6.45) is -0.557. The van der Waals surface area contributed by atoms with Gasteiger partial charge in [0.05, 0.1) is 13.2 Å². The van der Waals surface area contributed by atoms with Gasteiger partial charge >= 0.3 is 0 Å². The van der Waals surface area contributed by atoms with Gasteiger partial charge in [-0.2, -0.15) is 0 Å². The number of aliphatic hydroxyl groups is 1. The summed E-state index contributed by atoms with van der Waals surface area (Å²) in [7, 11) is 1.62. The number of aliphatic hydroxyl groups excluding tert-OH is 1. The summed E-state index contributed by atoms with van der Waals surface area (Å²) in [6, 6.07) is 13.6.